The molecule has 1 rings (SSSR count). The summed E-state index contributed by atoms with van der Waals surface area (Å²) in [6, 6.07) is 3.47. The average Bonchev–Trinajstić information content (AvgIpc) is 2.33. The van der Waals surface area contributed by atoms with Crippen LogP contribution in [0.5, 0.6) is 0 Å². The normalized spacial score (nSPS) is 12.2. The van der Waals surface area contributed by atoms with Crippen molar-refractivity contribution in [3.63, 3.8) is 0 Å². The molecule has 0 saturated heterocycles. The minimum Gasteiger partial charge on any atom is -0.396 e. The molecule has 0 aliphatic carbocycles. The highest BCUT2D eigenvalue weighted by atomic mass is 16.3. The second-order valence-electron chi connectivity index (χ2n) is 4.55. The molecule has 1 heterocycles. The highest BCUT2D eigenvalue weighted by Gasteiger charge is 2.07. The third-order valence-electron chi connectivity index (χ3n) is 2.79. The number of hydrogen-bond donors (Lipinski definition) is 2. The first-order valence-electron chi connectivity index (χ1n) is 6.08. The van der Waals surface area contributed by atoms with Gasteiger partial charge in [-0.2, -0.15) is 0 Å². The smallest absolute Gasteiger partial charge is 0.253 e. The maximum absolute atomic E-state index is 11.7. The van der Waals surface area contributed by atoms with Gasteiger partial charge in [0.15, 0.2) is 0 Å². The summed E-state index contributed by atoms with van der Waals surface area (Å²) >= 11 is 0. The fourth-order valence-corrected chi connectivity index (χ4v) is 1.60. The molecule has 1 aromatic rings. The number of nitrogens with one attached hydrogen (secondary N) is 1. The largest absolute Gasteiger partial charge is 0.396 e. The molecule has 0 radical (unpaired) electrons. The molecule has 0 saturated carbocycles. The fourth-order valence-electron chi connectivity index (χ4n) is 1.60. The van der Waals surface area contributed by atoms with Crippen LogP contribution in [0.3, 0.4) is 0 Å². The van der Waals surface area contributed by atoms with Gasteiger partial charge in [0.2, 0.25) is 5.91 Å². The Morgan fingerprint density at radius 1 is 1.56 bits per heavy atom. The van der Waals surface area contributed by atoms with Gasteiger partial charge in [-0.1, -0.05) is 13.0 Å². The van der Waals surface area contributed by atoms with Crippen LogP contribution in [0.15, 0.2) is 23.1 Å². The van der Waals surface area contributed by atoms with Crippen LogP contribution < -0.4 is 10.9 Å². The number of hydrogen-bond acceptors (Lipinski definition) is 3. The summed E-state index contributed by atoms with van der Waals surface area (Å²) in [5, 5.41) is 11.5. The van der Waals surface area contributed by atoms with E-state index in [0.717, 1.165) is 0 Å². The number of amides is 1. The predicted octanol–water partition coefficient (Wildman–Crippen LogP) is 0.291. The molecule has 0 bridgehead atoms. The summed E-state index contributed by atoms with van der Waals surface area (Å²) in [5.41, 5.74) is 0.481. The Kier molecular flexibility index (Phi) is 5.58. The van der Waals surface area contributed by atoms with Gasteiger partial charge in [-0.05, 0) is 25.3 Å². The molecule has 18 heavy (non-hydrogen) atoms. The van der Waals surface area contributed by atoms with Gasteiger partial charge >= 0.3 is 0 Å². The van der Waals surface area contributed by atoms with Gasteiger partial charge in [0.25, 0.3) is 5.56 Å². The molecule has 0 aliphatic heterocycles. The minimum atomic E-state index is -0.188. The van der Waals surface area contributed by atoms with E-state index in [-0.39, 0.29) is 30.5 Å². The van der Waals surface area contributed by atoms with Crippen LogP contribution in [0.1, 0.15) is 18.9 Å². The zero-order valence-corrected chi connectivity index (χ0v) is 10.8. The summed E-state index contributed by atoms with van der Waals surface area (Å²) in [7, 11) is 0. The van der Waals surface area contributed by atoms with E-state index < -0.39 is 0 Å². The van der Waals surface area contributed by atoms with Gasteiger partial charge in [-0.3, -0.25) is 9.59 Å². The van der Waals surface area contributed by atoms with Gasteiger partial charge in [0.1, 0.15) is 6.54 Å². The Hall–Kier alpha value is -1.62. The summed E-state index contributed by atoms with van der Waals surface area (Å²) < 4.78 is 1.39. The molecule has 100 valence electrons. The molecule has 5 heteroatoms. The Morgan fingerprint density at radius 3 is 2.94 bits per heavy atom. The molecule has 0 aromatic carbocycles. The first kappa shape index (κ1) is 14.4. The summed E-state index contributed by atoms with van der Waals surface area (Å²) in [4.78, 5) is 23.3. The first-order chi connectivity index (χ1) is 8.54. The Morgan fingerprint density at radius 2 is 2.28 bits per heavy atom. The van der Waals surface area contributed by atoms with Crippen LogP contribution in [-0.4, -0.2) is 28.7 Å². The highest BCUT2D eigenvalue weighted by molar-refractivity contribution is 5.75. The summed E-state index contributed by atoms with van der Waals surface area (Å²) in [6.07, 6.45) is 2.26. The molecule has 0 aliphatic rings. The second-order valence-corrected chi connectivity index (χ2v) is 4.55. The molecule has 0 fully saturated rings. The number of aliphatic hydroxyl groups is 1. The number of rotatable bonds is 6. The van der Waals surface area contributed by atoms with E-state index in [4.69, 9.17) is 5.11 Å². The topological polar surface area (TPSA) is 71.3 Å². The van der Waals surface area contributed by atoms with E-state index >= 15 is 0 Å². The van der Waals surface area contributed by atoms with Gasteiger partial charge < -0.3 is 15.0 Å². The van der Waals surface area contributed by atoms with Crippen molar-refractivity contribution < 1.29 is 9.90 Å². The van der Waals surface area contributed by atoms with Crippen LogP contribution in [-0.2, 0) is 11.3 Å². The van der Waals surface area contributed by atoms with E-state index in [1.165, 1.54) is 4.57 Å². The summed E-state index contributed by atoms with van der Waals surface area (Å²) in [5.74, 6) is 0.0423. The van der Waals surface area contributed by atoms with Crippen LogP contribution in [0.4, 0.5) is 0 Å². The van der Waals surface area contributed by atoms with E-state index in [1.54, 1.807) is 25.3 Å². The van der Waals surface area contributed by atoms with Crippen molar-refractivity contribution in [3.8, 4) is 0 Å². The zero-order valence-electron chi connectivity index (χ0n) is 10.8. The monoisotopic (exact) mass is 252 g/mol. The minimum absolute atomic E-state index is 0.0341. The van der Waals surface area contributed by atoms with Gasteiger partial charge in [-0.25, -0.2) is 0 Å². The van der Waals surface area contributed by atoms with Crippen molar-refractivity contribution in [3.05, 3.63) is 34.2 Å². The number of pyridine rings is 1. The maximum atomic E-state index is 11.7. The standard InChI is InChI=1S/C13H20N2O3/c1-10(5-7-16)8-14-12(17)9-15-6-3-4-11(2)13(15)18/h3-4,6,10,16H,5,7-9H2,1-2H3,(H,14,17). The summed E-state index contributed by atoms with van der Waals surface area (Å²) in [6.45, 7) is 4.34. The van der Waals surface area contributed by atoms with Crippen molar-refractivity contribution in [1.29, 1.82) is 0 Å². The van der Waals surface area contributed by atoms with Crippen molar-refractivity contribution in [2.75, 3.05) is 13.2 Å². The van der Waals surface area contributed by atoms with Crippen LogP contribution in [0, 0.1) is 12.8 Å². The van der Waals surface area contributed by atoms with E-state index in [0.29, 0.717) is 18.5 Å². The molecule has 1 unspecified atom stereocenters. The highest BCUT2D eigenvalue weighted by Crippen LogP contribution is 1.97. The lowest BCUT2D eigenvalue weighted by Crippen LogP contribution is -2.35. The van der Waals surface area contributed by atoms with Crippen molar-refractivity contribution >= 4 is 5.91 Å². The number of aryl methyl sites for hydroxylation is 1. The number of nitrogens with zero attached hydrogens (tertiary/aromatic N) is 1. The number of carbonyl (C=O) groups excluding carboxylic acids is 1. The first-order valence-corrected chi connectivity index (χ1v) is 6.08. The van der Waals surface area contributed by atoms with Crippen molar-refractivity contribution in [2.24, 2.45) is 5.92 Å². The third kappa shape index (κ3) is 4.33. The average molecular weight is 252 g/mol. The Bertz CT molecular complexity index is 454. The van der Waals surface area contributed by atoms with Crippen molar-refractivity contribution in [2.45, 2.75) is 26.8 Å². The Balaban J connectivity index is 2.50. The molecule has 0 spiro atoms. The number of carbonyl (C=O) groups is 1. The van der Waals surface area contributed by atoms with Gasteiger partial charge in [0.05, 0.1) is 0 Å². The van der Waals surface area contributed by atoms with E-state index in [1.807, 2.05) is 6.92 Å². The van der Waals surface area contributed by atoms with Gasteiger partial charge in [0, 0.05) is 24.9 Å². The molecule has 1 amide bonds. The lowest BCUT2D eigenvalue weighted by molar-refractivity contribution is -0.121. The third-order valence-corrected chi connectivity index (χ3v) is 2.79. The lowest BCUT2D eigenvalue weighted by atomic mass is 10.1. The quantitative estimate of drug-likeness (QED) is 0.764. The molecule has 5 nitrogen and oxygen atoms in total. The lowest BCUT2D eigenvalue weighted by Gasteiger charge is -2.12. The van der Waals surface area contributed by atoms with Crippen LogP contribution in [0.25, 0.3) is 0 Å². The van der Waals surface area contributed by atoms with Gasteiger partial charge in [-0.15, -0.1) is 0 Å². The maximum Gasteiger partial charge on any atom is 0.253 e. The predicted molar refractivity (Wildman–Crippen MR) is 69.3 cm³/mol. The van der Waals surface area contributed by atoms with E-state index in [2.05, 4.69) is 5.32 Å². The fraction of sp³-hybridized carbons (Fsp3) is 0.538. The zero-order chi connectivity index (χ0) is 13.5. The number of aromatic nitrogens is 1. The van der Waals surface area contributed by atoms with Crippen molar-refractivity contribution in [1.82, 2.24) is 9.88 Å². The van der Waals surface area contributed by atoms with Crippen LogP contribution in [0.2, 0.25) is 0 Å². The molecular weight excluding hydrogens is 232 g/mol. The molecule has 1 atom stereocenters. The number of aliphatic hydroxyl groups excluding tert-OH is 1. The Labute approximate surface area is 106 Å². The second kappa shape index (κ2) is 6.96. The SMILES string of the molecule is Cc1cccn(CC(=O)NCC(C)CCO)c1=O. The molecule has 2 N–H and O–H groups in total. The van der Waals surface area contributed by atoms with E-state index in [9.17, 15) is 9.59 Å². The molecular formula is C13H20N2O3. The molecule has 1 aromatic heterocycles. The van der Waals surface area contributed by atoms with Crippen LogP contribution >= 0.6 is 0 Å².